The van der Waals surface area contributed by atoms with Crippen LogP contribution in [0.3, 0.4) is 0 Å². The van der Waals surface area contributed by atoms with Crippen LogP contribution in [0.25, 0.3) is 5.65 Å². The summed E-state index contributed by atoms with van der Waals surface area (Å²) in [6, 6.07) is 6.10. The fourth-order valence-electron chi connectivity index (χ4n) is 7.14. The molecular formula is C23H29BrN4O. The molecule has 2 atom stereocenters. The Hall–Kier alpha value is -1.40. The monoisotopic (exact) mass is 456 g/mol. The maximum absolute atomic E-state index is 13.6. The van der Waals surface area contributed by atoms with E-state index in [1.54, 1.807) is 0 Å². The van der Waals surface area contributed by atoms with Gasteiger partial charge in [-0.1, -0.05) is 22.0 Å². The number of nitrogens with zero attached hydrogens (tertiary/aromatic N) is 4. The lowest BCUT2D eigenvalue weighted by Crippen LogP contribution is -2.61. The molecule has 0 N–H and O–H groups in total. The Kier molecular flexibility index (Phi) is 4.15. The van der Waals surface area contributed by atoms with Gasteiger partial charge in [-0.25, -0.2) is 4.98 Å². The van der Waals surface area contributed by atoms with Crippen LogP contribution >= 0.6 is 15.9 Å². The highest BCUT2D eigenvalue weighted by Crippen LogP contribution is 2.64. The first-order chi connectivity index (χ1) is 14.0. The molecule has 1 aliphatic heterocycles. The van der Waals surface area contributed by atoms with E-state index in [-0.39, 0.29) is 9.74 Å². The second-order valence-corrected chi connectivity index (χ2v) is 11.8. The third kappa shape index (κ3) is 3.14. The van der Waals surface area contributed by atoms with Crippen LogP contribution in [0.15, 0.2) is 30.6 Å². The Morgan fingerprint density at radius 3 is 2.55 bits per heavy atom. The molecule has 0 spiro atoms. The first-order valence-corrected chi connectivity index (χ1v) is 11.9. The van der Waals surface area contributed by atoms with E-state index < -0.39 is 0 Å². The van der Waals surface area contributed by atoms with E-state index in [1.165, 1.54) is 19.3 Å². The highest BCUT2D eigenvalue weighted by atomic mass is 79.9. The number of amides is 1. The van der Waals surface area contributed by atoms with Crippen molar-refractivity contribution in [1.82, 2.24) is 19.2 Å². The van der Waals surface area contributed by atoms with E-state index in [9.17, 15) is 4.79 Å². The molecule has 5 fully saturated rings. The molecule has 3 heterocycles. The van der Waals surface area contributed by atoms with Gasteiger partial charge in [-0.2, -0.15) is 0 Å². The molecule has 29 heavy (non-hydrogen) atoms. The number of alkyl halides is 1. The maximum atomic E-state index is 13.6. The van der Waals surface area contributed by atoms with Gasteiger partial charge in [-0.15, -0.1) is 0 Å². The zero-order valence-electron chi connectivity index (χ0n) is 16.9. The van der Waals surface area contributed by atoms with Gasteiger partial charge in [0.05, 0.1) is 11.1 Å². The number of hydrogen-bond donors (Lipinski definition) is 0. The van der Waals surface area contributed by atoms with Crippen LogP contribution in [-0.4, -0.2) is 55.6 Å². The van der Waals surface area contributed by atoms with Crippen LogP contribution in [0.5, 0.6) is 0 Å². The van der Waals surface area contributed by atoms with Gasteiger partial charge in [0.2, 0.25) is 5.91 Å². The SMILES string of the molecule is O=C(N1CCN(Cc2cn3ccccc3n2)CC1)C12CC3CC(CC(Br)(C3)C1)C2. The van der Waals surface area contributed by atoms with Crippen molar-refractivity contribution in [3.05, 3.63) is 36.3 Å². The molecule has 4 bridgehead atoms. The summed E-state index contributed by atoms with van der Waals surface area (Å²) >= 11 is 4.06. The molecule has 5 aliphatic rings. The van der Waals surface area contributed by atoms with Crippen LogP contribution in [0.1, 0.15) is 44.2 Å². The number of fused-ring (bicyclic) bond motifs is 1. The highest BCUT2D eigenvalue weighted by molar-refractivity contribution is 9.10. The van der Waals surface area contributed by atoms with Gasteiger partial charge in [-0.3, -0.25) is 9.69 Å². The molecule has 5 nitrogen and oxygen atoms in total. The smallest absolute Gasteiger partial charge is 0.228 e. The number of piperazine rings is 1. The first-order valence-electron chi connectivity index (χ1n) is 11.1. The third-order valence-corrected chi connectivity index (χ3v) is 8.83. The lowest BCUT2D eigenvalue weighted by molar-refractivity contribution is -0.157. The van der Waals surface area contributed by atoms with E-state index in [1.807, 2.05) is 24.4 Å². The van der Waals surface area contributed by atoms with E-state index in [0.717, 1.165) is 75.2 Å². The van der Waals surface area contributed by atoms with Crippen molar-refractivity contribution in [3.63, 3.8) is 0 Å². The van der Waals surface area contributed by atoms with Crippen molar-refractivity contribution in [3.8, 4) is 0 Å². The average Bonchev–Trinajstić information content (AvgIpc) is 3.08. The number of pyridine rings is 1. The predicted octanol–water partition coefficient (Wildman–Crippen LogP) is 3.71. The third-order valence-electron chi connectivity index (χ3n) is 7.90. The van der Waals surface area contributed by atoms with Crippen molar-refractivity contribution < 1.29 is 4.79 Å². The molecule has 0 aromatic carbocycles. The number of carbonyl (C=O) groups is 1. The van der Waals surface area contributed by atoms with Crippen LogP contribution in [-0.2, 0) is 11.3 Å². The summed E-state index contributed by atoms with van der Waals surface area (Å²) in [6.07, 6.45) is 11.4. The van der Waals surface area contributed by atoms with Crippen molar-refractivity contribution in [2.45, 2.75) is 49.4 Å². The Labute approximate surface area is 180 Å². The largest absolute Gasteiger partial charge is 0.340 e. The number of halogens is 1. The second-order valence-electron chi connectivity index (χ2n) is 10.2. The fraction of sp³-hybridized carbons (Fsp3) is 0.652. The van der Waals surface area contributed by atoms with Gasteiger partial charge in [0.25, 0.3) is 0 Å². The van der Waals surface area contributed by atoms with Gasteiger partial charge >= 0.3 is 0 Å². The number of hydrogen-bond acceptors (Lipinski definition) is 3. The second kappa shape index (κ2) is 6.55. The summed E-state index contributed by atoms with van der Waals surface area (Å²) in [4.78, 5) is 23.0. The molecule has 2 unspecified atom stereocenters. The van der Waals surface area contributed by atoms with Crippen LogP contribution in [0, 0.1) is 17.3 Å². The summed E-state index contributed by atoms with van der Waals surface area (Å²) < 4.78 is 2.33. The summed E-state index contributed by atoms with van der Waals surface area (Å²) in [5, 5.41) is 0. The average molecular weight is 457 g/mol. The first kappa shape index (κ1) is 18.4. The Balaban J connectivity index is 1.11. The molecule has 7 rings (SSSR count). The highest BCUT2D eigenvalue weighted by Gasteiger charge is 2.60. The van der Waals surface area contributed by atoms with Gasteiger partial charge < -0.3 is 9.30 Å². The lowest BCUT2D eigenvalue weighted by Gasteiger charge is -2.60. The topological polar surface area (TPSA) is 40.9 Å². The molecule has 4 aliphatic carbocycles. The normalized spacial score (nSPS) is 36.8. The number of rotatable bonds is 3. The fourth-order valence-corrected chi connectivity index (χ4v) is 8.59. The van der Waals surface area contributed by atoms with Gasteiger partial charge in [0, 0.05) is 49.4 Å². The Morgan fingerprint density at radius 2 is 1.86 bits per heavy atom. The van der Waals surface area contributed by atoms with E-state index in [0.29, 0.717) is 5.91 Å². The maximum Gasteiger partial charge on any atom is 0.228 e. The molecule has 1 amide bonds. The lowest BCUT2D eigenvalue weighted by atomic mass is 9.49. The van der Waals surface area contributed by atoms with Crippen molar-refractivity contribution in [2.75, 3.05) is 26.2 Å². The van der Waals surface area contributed by atoms with E-state index in [4.69, 9.17) is 4.98 Å². The molecule has 4 saturated carbocycles. The standard InChI is InChI=1S/C23H29BrN4O/c24-23-12-17-9-18(13-23)11-22(10-17,16-23)21(29)27-7-5-26(6-8-27)14-19-15-28-4-2-1-3-20(28)25-19/h1-4,15,17-18H,5-14,16H2. The minimum atomic E-state index is -0.0721. The van der Waals surface area contributed by atoms with Gasteiger partial charge in [0.1, 0.15) is 5.65 Å². The summed E-state index contributed by atoms with van der Waals surface area (Å²) in [5.74, 6) is 1.98. The van der Waals surface area contributed by atoms with Crippen LogP contribution in [0.2, 0.25) is 0 Å². The molecule has 154 valence electrons. The predicted molar refractivity (Wildman–Crippen MR) is 116 cm³/mol. The van der Waals surface area contributed by atoms with Gasteiger partial charge in [-0.05, 0) is 62.5 Å². The summed E-state index contributed by atoms with van der Waals surface area (Å²) in [7, 11) is 0. The summed E-state index contributed by atoms with van der Waals surface area (Å²) in [6.45, 7) is 4.48. The molecule has 0 radical (unpaired) electrons. The number of imidazole rings is 1. The number of carbonyl (C=O) groups excluding carboxylic acids is 1. The molecule has 2 aromatic heterocycles. The summed E-state index contributed by atoms with van der Waals surface area (Å²) in [5.41, 5.74) is 2.04. The molecule has 1 saturated heterocycles. The van der Waals surface area contributed by atoms with Crippen molar-refractivity contribution in [1.29, 1.82) is 0 Å². The number of aromatic nitrogens is 2. The van der Waals surface area contributed by atoms with Gasteiger partial charge in [0.15, 0.2) is 0 Å². The zero-order chi connectivity index (χ0) is 19.6. The van der Waals surface area contributed by atoms with Crippen molar-refractivity contribution >= 4 is 27.5 Å². The molecular weight excluding hydrogens is 428 g/mol. The Bertz CT molecular complexity index is 900. The molecule has 2 aromatic rings. The van der Waals surface area contributed by atoms with Crippen LogP contribution < -0.4 is 0 Å². The quantitative estimate of drug-likeness (QED) is 0.660. The Morgan fingerprint density at radius 1 is 1.10 bits per heavy atom. The van der Waals surface area contributed by atoms with E-state index in [2.05, 4.69) is 36.3 Å². The minimum absolute atomic E-state index is 0.0721. The zero-order valence-corrected chi connectivity index (χ0v) is 18.5. The van der Waals surface area contributed by atoms with Crippen LogP contribution in [0.4, 0.5) is 0 Å². The minimum Gasteiger partial charge on any atom is -0.340 e. The molecule has 6 heteroatoms. The van der Waals surface area contributed by atoms with E-state index >= 15 is 0 Å². The van der Waals surface area contributed by atoms with Crippen molar-refractivity contribution in [2.24, 2.45) is 17.3 Å².